The SMILES string of the molecule is CCC(C)c1ccccc1NC(=O)C(C)OC(=O)Cc1csc(-c2cccc(F)c2)n1. The summed E-state index contributed by atoms with van der Waals surface area (Å²) in [6.45, 7) is 5.73. The molecule has 7 heteroatoms. The standard InChI is InChI=1S/C24H25FN2O3S/c1-4-15(2)20-10-5-6-11-21(20)27-23(29)16(3)30-22(28)13-19-14-31-24(26-19)17-8-7-9-18(25)12-17/h5-12,14-16H,4,13H2,1-3H3,(H,27,29). The van der Waals surface area contributed by atoms with Gasteiger partial charge in [0.1, 0.15) is 10.8 Å². The van der Waals surface area contributed by atoms with Crippen LogP contribution in [-0.2, 0) is 20.7 Å². The first kappa shape index (κ1) is 22.6. The minimum absolute atomic E-state index is 0.0626. The lowest BCUT2D eigenvalue weighted by molar-refractivity contribution is -0.152. The van der Waals surface area contributed by atoms with Crippen molar-refractivity contribution < 1.29 is 18.7 Å². The fourth-order valence-electron chi connectivity index (χ4n) is 3.08. The van der Waals surface area contributed by atoms with E-state index in [1.807, 2.05) is 24.3 Å². The number of hydrogen-bond acceptors (Lipinski definition) is 5. The number of carbonyl (C=O) groups excluding carboxylic acids is 2. The van der Waals surface area contributed by atoms with Crippen molar-refractivity contribution in [2.75, 3.05) is 5.32 Å². The molecule has 0 aliphatic carbocycles. The molecule has 1 aromatic heterocycles. The Bertz CT molecular complexity index is 1070. The first-order valence-corrected chi connectivity index (χ1v) is 11.0. The molecule has 1 heterocycles. The number of nitrogens with zero attached hydrogens (tertiary/aromatic N) is 1. The fraction of sp³-hybridized carbons (Fsp3) is 0.292. The summed E-state index contributed by atoms with van der Waals surface area (Å²) in [7, 11) is 0. The number of nitrogens with one attached hydrogen (secondary N) is 1. The highest BCUT2D eigenvalue weighted by molar-refractivity contribution is 7.13. The molecule has 0 bridgehead atoms. The van der Waals surface area contributed by atoms with Gasteiger partial charge in [0.25, 0.3) is 5.91 Å². The van der Waals surface area contributed by atoms with E-state index in [2.05, 4.69) is 24.1 Å². The predicted octanol–water partition coefficient (Wildman–Crippen LogP) is 5.58. The van der Waals surface area contributed by atoms with E-state index in [0.29, 0.717) is 22.2 Å². The molecule has 31 heavy (non-hydrogen) atoms. The van der Waals surface area contributed by atoms with Crippen LogP contribution in [0.1, 0.15) is 44.4 Å². The molecule has 1 N–H and O–H groups in total. The van der Waals surface area contributed by atoms with E-state index in [1.165, 1.54) is 30.4 Å². The van der Waals surface area contributed by atoms with Gasteiger partial charge in [-0.15, -0.1) is 11.3 Å². The van der Waals surface area contributed by atoms with Crippen LogP contribution < -0.4 is 5.32 Å². The number of aromatic nitrogens is 1. The van der Waals surface area contributed by atoms with Gasteiger partial charge in [-0.3, -0.25) is 9.59 Å². The van der Waals surface area contributed by atoms with Gasteiger partial charge in [-0.25, -0.2) is 9.37 Å². The molecule has 0 radical (unpaired) electrons. The third-order valence-corrected chi connectivity index (χ3v) is 5.93. The number of para-hydroxylation sites is 1. The normalized spacial score (nSPS) is 12.8. The Morgan fingerprint density at radius 3 is 2.68 bits per heavy atom. The van der Waals surface area contributed by atoms with Crippen LogP contribution in [0.25, 0.3) is 10.6 Å². The van der Waals surface area contributed by atoms with Crippen molar-refractivity contribution in [2.45, 2.75) is 45.6 Å². The second-order valence-corrected chi connectivity index (χ2v) is 8.21. The highest BCUT2D eigenvalue weighted by atomic mass is 32.1. The Balaban J connectivity index is 1.58. The van der Waals surface area contributed by atoms with Crippen LogP contribution in [0.15, 0.2) is 53.9 Å². The molecule has 3 aromatic rings. The van der Waals surface area contributed by atoms with Crippen LogP contribution in [0.5, 0.6) is 0 Å². The van der Waals surface area contributed by atoms with Gasteiger partial charge in [0.15, 0.2) is 6.10 Å². The zero-order valence-electron chi connectivity index (χ0n) is 17.7. The third kappa shape index (κ3) is 5.98. The van der Waals surface area contributed by atoms with Crippen molar-refractivity contribution in [2.24, 2.45) is 0 Å². The number of halogens is 1. The molecule has 0 aliphatic heterocycles. The van der Waals surface area contributed by atoms with E-state index in [9.17, 15) is 14.0 Å². The summed E-state index contributed by atoms with van der Waals surface area (Å²) in [5.41, 5.74) is 2.94. The lowest BCUT2D eigenvalue weighted by Gasteiger charge is -2.18. The molecule has 162 valence electrons. The maximum absolute atomic E-state index is 13.4. The quantitative estimate of drug-likeness (QED) is 0.465. The third-order valence-electron chi connectivity index (χ3n) is 4.99. The largest absolute Gasteiger partial charge is 0.452 e. The summed E-state index contributed by atoms with van der Waals surface area (Å²) < 4.78 is 18.7. The van der Waals surface area contributed by atoms with E-state index in [0.717, 1.165) is 17.7 Å². The zero-order valence-corrected chi connectivity index (χ0v) is 18.5. The number of benzene rings is 2. The Kier molecular flexibility index (Phi) is 7.52. The van der Waals surface area contributed by atoms with E-state index in [1.54, 1.807) is 17.5 Å². The molecule has 0 saturated carbocycles. The molecule has 2 aromatic carbocycles. The van der Waals surface area contributed by atoms with Crippen LogP contribution in [-0.4, -0.2) is 23.0 Å². The summed E-state index contributed by atoms with van der Waals surface area (Å²) >= 11 is 1.32. The molecule has 2 atom stereocenters. The Labute approximate surface area is 185 Å². The smallest absolute Gasteiger partial charge is 0.312 e. The Morgan fingerprint density at radius 2 is 1.94 bits per heavy atom. The number of hydrogen-bond donors (Lipinski definition) is 1. The number of amides is 1. The van der Waals surface area contributed by atoms with Crippen molar-refractivity contribution in [3.63, 3.8) is 0 Å². The summed E-state index contributed by atoms with van der Waals surface area (Å²) in [6.07, 6.45) is -0.0611. The van der Waals surface area contributed by atoms with Gasteiger partial charge in [-0.2, -0.15) is 0 Å². The van der Waals surface area contributed by atoms with Crippen LogP contribution >= 0.6 is 11.3 Å². The highest BCUT2D eigenvalue weighted by Crippen LogP contribution is 2.27. The van der Waals surface area contributed by atoms with Crippen molar-refractivity contribution in [1.29, 1.82) is 0 Å². The van der Waals surface area contributed by atoms with Crippen molar-refractivity contribution >= 4 is 28.9 Å². The fourth-order valence-corrected chi connectivity index (χ4v) is 3.89. The van der Waals surface area contributed by atoms with Crippen LogP contribution in [0.2, 0.25) is 0 Å². The average Bonchev–Trinajstić information content (AvgIpc) is 3.21. The van der Waals surface area contributed by atoms with Crippen molar-refractivity contribution in [3.05, 3.63) is 71.0 Å². The van der Waals surface area contributed by atoms with Gasteiger partial charge >= 0.3 is 5.97 Å². The Hall–Kier alpha value is -3.06. The lowest BCUT2D eigenvalue weighted by Crippen LogP contribution is -2.31. The average molecular weight is 441 g/mol. The van der Waals surface area contributed by atoms with E-state index < -0.39 is 12.1 Å². The molecule has 1 amide bonds. The molecule has 0 fully saturated rings. The second kappa shape index (κ2) is 10.3. The van der Waals surface area contributed by atoms with Gasteiger partial charge in [0.05, 0.1) is 12.1 Å². The summed E-state index contributed by atoms with van der Waals surface area (Å²) in [4.78, 5) is 29.2. The van der Waals surface area contributed by atoms with Crippen molar-refractivity contribution in [3.8, 4) is 10.6 Å². The maximum atomic E-state index is 13.4. The van der Waals surface area contributed by atoms with Gasteiger partial charge in [-0.1, -0.05) is 44.2 Å². The van der Waals surface area contributed by atoms with Crippen LogP contribution in [0.4, 0.5) is 10.1 Å². The maximum Gasteiger partial charge on any atom is 0.312 e. The number of esters is 1. The predicted molar refractivity (Wildman–Crippen MR) is 121 cm³/mol. The van der Waals surface area contributed by atoms with E-state index in [-0.39, 0.29) is 18.1 Å². The van der Waals surface area contributed by atoms with Gasteiger partial charge in [0, 0.05) is 16.6 Å². The van der Waals surface area contributed by atoms with Gasteiger partial charge in [-0.05, 0) is 43.0 Å². The summed E-state index contributed by atoms with van der Waals surface area (Å²) in [5, 5.41) is 5.21. The monoisotopic (exact) mass is 440 g/mol. The van der Waals surface area contributed by atoms with Gasteiger partial charge < -0.3 is 10.1 Å². The molecule has 0 spiro atoms. The van der Waals surface area contributed by atoms with E-state index >= 15 is 0 Å². The summed E-state index contributed by atoms with van der Waals surface area (Å²) in [6, 6.07) is 13.8. The molecule has 0 aliphatic rings. The molecule has 3 rings (SSSR count). The van der Waals surface area contributed by atoms with Crippen LogP contribution in [0.3, 0.4) is 0 Å². The first-order valence-electron chi connectivity index (χ1n) is 10.2. The zero-order chi connectivity index (χ0) is 22.4. The molecule has 0 saturated heterocycles. The summed E-state index contributed by atoms with van der Waals surface area (Å²) in [5.74, 6) is -0.980. The number of anilines is 1. The number of ether oxygens (including phenoxy) is 1. The van der Waals surface area contributed by atoms with Crippen LogP contribution in [0, 0.1) is 5.82 Å². The van der Waals surface area contributed by atoms with Gasteiger partial charge in [0.2, 0.25) is 0 Å². The molecule has 2 unspecified atom stereocenters. The molecular formula is C24H25FN2O3S. The molecule has 5 nitrogen and oxygen atoms in total. The molecular weight excluding hydrogens is 415 g/mol. The van der Waals surface area contributed by atoms with Crippen molar-refractivity contribution in [1.82, 2.24) is 4.98 Å². The first-order chi connectivity index (χ1) is 14.9. The minimum Gasteiger partial charge on any atom is -0.452 e. The number of rotatable bonds is 8. The lowest BCUT2D eigenvalue weighted by atomic mass is 9.97. The number of thiazole rings is 1. The number of carbonyl (C=O) groups is 2. The topological polar surface area (TPSA) is 68.3 Å². The highest BCUT2D eigenvalue weighted by Gasteiger charge is 2.20. The Morgan fingerprint density at radius 1 is 1.16 bits per heavy atom. The van der Waals surface area contributed by atoms with E-state index in [4.69, 9.17) is 4.74 Å². The minimum atomic E-state index is -0.946. The second-order valence-electron chi connectivity index (χ2n) is 7.35.